The highest BCUT2D eigenvalue weighted by molar-refractivity contribution is 7.28. The fourth-order valence-corrected chi connectivity index (χ4v) is 9.71. The Morgan fingerprint density at radius 3 is 1.33 bits per heavy atom. The summed E-state index contributed by atoms with van der Waals surface area (Å²) in [6, 6.07) is 58.2. The quantitative estimate of drug-likeness (QED) is 0.173. The SMILES string of the molecule is c1ccc(-c2ccc(-c3c4ccccc4c(-c4ccc5c(c4)sc4ccc6sc7ccccc7c6c45)c4ccccc34)cc2)cc1. The maximum absolute atomic E-state index is 2.43. The molecule has 0 saturated heterocycles. The van der Waals surface area contributed by atoms with Crippen LogP contribution >= 0.6 is 22.7 Å². The van der Waals surface area contributed by atoms with Crippen molar-refractivity contribution in [2.24, 2.45) is 0 Å². The van der Waals surface area contributed by atoms with Gasteiger partial charge < -0.3 is 0 Å². The Labute approximate surface area is 274 Å². The van der Waals surface area contributed by atoms with Gasteiger partial charge in [-0.2, -0.15) is 0 Å². The van der Waals surface area contributed by atoms with Crippen LogP contribution in [0.2, 0.25) is 0 Å². The molecule has 46 heavy (non-hydrogen) atoms. The molecule has 0 spiro atoms. The zero-order valence-corrected chi connectivity index (χ0v) is 26.5. The standard InChI is InChI=1S/C44H26S2/c1-2-10-27(11-3-1)28-18-20-29(21-19-28)41-31-12-4-6-14-33(31)42(34-15-7-5-13-32(34)41)30-22-23-36-40(26-30)46-39-25-24-38-43(44(36)39)35-16-8-9-17-37(35)45-38/h1-26H. The van der Waals surface area contributed by atoms with Crippen LogP contribution in [0, 0.1) is 0 Å². The largest absolute Gasteiger partial charge is 0.135 e. The van der Waals surface area contributed by atoms with Gasteiger partial charge in [0.25, 0.3) is 0 Å². The fraction of sp³-hybridized carbons (Fsp3) is 0. The Morgan fingerprint density at radius 1 is 0.261 bits per heavy atom. The van der Waals surface area contributed by atoms with Crippen molar-refractivity contribution in [3.05, 3.63) is 158 Å². The van der Waals surface area contributed by atoms with Crippen LogP contribution in [0.5, 0.6) is 0 Å². The molecule has 0 aliphatic heterocycles. The van der Waals surface area contributed by atoms with E-state index in [4.69, 9.17) is 0 Å². The van der Waals surface area contributed by atoms with Crippen molar-refractivity contribution >= 4 is 84.6 Å². The molecule has 0 aliphatic carbocycles. The summed E-state index contributed by atoms with van der Waals surface area (Å²) >= 11 is 3.81. The minimum atomic E-state index is 1.24. The molecule has 0 unspecified atom stereocenters. The van der Waals surface area contributed by atoms with Crippen molar-refractivity contribution in [1.29, 1.82) is 0 Å². The first kappa shape index (κ1) is 26.0. The fourth-order valence-electron chi connectivity index (χ4n) is 7.45. The average molecular weight is 619 g/mol. The molecule has 10 aromatic rings. The molecule has 0 bridgehead atoms. The van der Waals surface area contributed by atoms with E-state index in [1.165, 1.54) is 95.3 Å². The Bertz CT molecular complexity index is 2720. The number of benzene rings is 8. The van der Waals surface area contributed by atoms with E-state index in [0.29, 0.717) is 0 Å². The molecular formula is C44H26S2. The molecule has 10 rings (SSSR count). The smallest absolute Gasteiger partial charge is 0.0362 e. The zero-order chi connectivity index (χ0) is 30.2. The van der Waals surface area contributed by atoms with Gasteiger partial charge in [0.15, 0.2) is 0 Å². The van der Waals surface area contributed by atoms with Gasteiger partial charge >= 0.3 is 0 Å². The first-order chi connectivity index (χ1) is 22.8. The van der Waals surface area contributed by atoms with E-state index in [1.54, 1.807) is 0 Å². The minimum Gasteiger partial charge on any atom is -0.135 e. The summed E-state index contributed by atoms with van der Waals surface area (Å²) in [6.45, 7) is 0. The Balaban J connectivity index is 1.21. The first-order valence-corrected chi connectivity index (χ1v) is 17.3. The Hall–Kier alpha value is -5.28. The van der Waals surface area contributed by atoms with Crippen LogP contribution in [-0.4, -0.2) is 0 Å². The molecule has 2 heteroatoms. The summed E-state index contributed by atoms with van der Waals surface area (Å²) < 4.78 is 5.41. The average Bonchev–Trinajstić information content (AvgIpc) is 3.68. The molecular weight excluding hydrogens is 593 g/mol. The van der Waals surface area contributed by atoms with Gasteiger partial charge in [-0.1, -0.05) is 133 Å². The van der Waals surface area contributed by atoms with Crippen LogP contribution in [0.25, 0.3) is 95.3 Å². The molecule has 0 nitrogen and oxygen atoms in total. The monoisotopic (exact) mass is 618 g/mol. The number of fused-ring (bicyclic) bond motifs is 9. The lowest BCUT2D eigenvalue weighted by Gasteiger charge is -2.18. The predicted octanol–water partition coefficient (Wildman–Crippen LogP) is 13.7. The molecule has 0 fully saturated rings. The van der Waals surface area contributed by atoms with E-state index in [9.17, 15) is 0 Å². The lowest BCUT2D eigenvalue weighted by Crippen LogP contribution is -1.90. The van der Waals surface area contributed by atoms with Crippen LogP contribution in [0.1, 0.15) is 0 Å². The number of rotatable bonds is 3. The highest BCUT2D eigenvalue weighted by Gasteiger charge is 2.19. The number of hydrogen-bond acceptors (Lipinski definition) is 2. The normalized spacial score (nSPS) is 11.9. The maximum atomic E-state index is 2.43. The summed E-state index contributed by atoms with van der Waals surface area (Å²) in [4.78, 5) is 0. The van der Waals surface area contributed by atoms with Gasteiger partial charge in [-0.3, -0.25) is 0 Å². The highest BCUT2D eigenvalue weighted by atomic mass is 32.1. The second-order valence-corrected chi connectivity index (χ2v) is 14.2. The van der Waals surface area contributed by atoms with E-state index in [-0.39, 0.29) is 0 Å². The first-order valence-electron chi connectivity index (χ1n) is 15.7. The summed E-state index contributed by atoms with van der Waals surface area (Å²) in [5.74, 6) is 0. The lowest BCUT2D eigenvalue weighted by atomic mass is 9.85. The molecule has 8 aromatic carbocycles. The highest BCUT2D eigenvalue weighted by Crippen LogP contribution is 2.48. The maximum Gasteiger partial charge on any atom is 0.0362 e. The third-order valence-electron chi connectivity index (χ3n) is 9.48. The molecule has 2 aromatic heterocycles. The Kier molecular flexibility index (Phi) is 5.72. The van der Waals surface area contributed by atoms with Gasteiger partial charge in [0.05, 0.1) is 0 Å². The molecule has 0 amide bonds. The molecule has 2 heterocycles. The van der Waals surface area contributed by atoms with Gasteiger partial charge in [0.1, 0.15) is 0 Å². The van der Waals surface area contributed by atoms with Crippen molar-refractivity contribution < 1.29 is 0 Å². The van der Waals surface area contributed by atoms with E-state index < -0.39 is 0 Å². The Morgan fingerprint density at radius 2 is 0.696 bits per heavy atom. The van der Waals surface area contributed by atoms with Crippen LogP contribution in [0.4, 0.5) is 0 Å². The summed E-state index contributed by atoms with van der Waals surface area (Å²) in [5.41, 5.74) is 7.59. The van der Waals surface area contributed by atoms with E-state index >= 15 is 0 Å². The predicted molar refractivity (Wildman–Crippen MR) is 204 cm³/mol. The molecule has 0 aliphatic rings. The molecule has 0 saturated carbocycles. The summed E-state index contributed by atoms with van der Waals surface area (Å²) in [7, 11) is 0. The van der Waals surface area contributed by atoms with Crippen LogP contribution < -0.4 is 0 Å². The number of thiophene rings is 2. The van der Waals surface area contributed by atoms with Gasteiger partial charge in [0, 0.05) is 40.3 Å². The third kappa shape index (κ3) is 3.84. The van der Waals surface area contributed by atoms with Crippen molar-refractivity contribution in [3.8, 4) is 33.4 Å². The zero-order valence-electron chi connectivity index (χ0n) is 24.8. The molecule has 0 atom stereocenters. The van der Waals surface area contributed by atoms with Crippen LogP contribution in [0.3, 0.4) is 0 Å². The van der Waals surface area contributed by atoms with Crippen LogP contribution in [0.15, 0.2) is 158 Å². The molecule has 214 valence electrons. The van der Waals surface area contributed by atoms with Gasteiger partial charge in [-0.15, -0.1) is 22.7 Å². The number of hydrogen-bond donors (Lipinski definition) is 0. The van der Waals surface area contributed by atoms with Gasteiger partial charge in [0.2, 0.25) is 0 Å². The summed E-state index contributed by atoms with van der Waals surface area (Å²) in [5, 5.41) is 10.6. The summed E-state index contributed by atoms with van der Waals surface area (Å²) in [6.07, 6.45) is 0. The second-order valence-electron chi connectivity index (χ2n) is 12.0. The van der Waals surface area contributed by atoms with Crippen LogP contribution in [-0.2, 0) is 0 Å². The third-order valence-corrected chi connectivity index (χ3v) is 11.7. The van der Waals surface area contributed by atoms with Crippen molar-refractivity contribution in [2.45, 2.75) is 0 Å². The van der Waals surface area contributed by atoms with E-state index in [1.807, 2.05) is 22.7 Å². The van der Waals surface area contributed by atoms with Crippen molar-refractivity contribution in [3.63, 3.8) is 0 Å². The van der Waals surface area contributed by atoms with E-state index in [0.717, 1.165) is 0 Å². The minimum absolute atomic E-state index is 1.24. The second kappa shape index (κ2) is 10.1. The lowest BCUT2D eigenvalue weighted by molar-refractivity contribution is 1.61. The van der Waals surface area contributed by atoms with Gasteiger partial charge in [-0.25, -0.2) is 0 Å². The van der Waals surface area contributed by atoms with Gasteiger partial charge in [-0.05, 0) is 79.2 Å². The molecule has 0 N–H and O–H groups in total. The van der Waals surface area contributed by atoms with E-state index in [2.05, 4.69) is 158 Å². The van der Waals surface area contributed by atoms with Crippen molar-refractivity contribution in [1.82, 2.24) is 0 Å². The van der Waals surface area contributed by atoms with Crippen molar-refractivity contribution in [2.75, 3.05) is 0 Å². The topological polar surface area (TPSA) is 0 Å². The molecule has 0 radical (unpaired) electrons.